The maximum Gasteiger partial charge on any atom is 0.253 e. The molecule has 1 fully saturated rings. The third-order valence-electron chi connectivity index (χ3n) is 4.37. The Hall–Kier alpha value is -2.74. The van der Waals surface area contributed by atoms with E-state index in [1.165, 1.54) is 0 Å². The van der Waals surface area contributed by atoms with Gasteiger partial charge in [0, 0.05) is 30.4 Å². The predicted octanol–water partition coefficient (Wildman–Crippen LogP) is 3.14. The fourth-order valence-corrected chi connectivity index (χ4v) is 3.03. The maximum absolute atomic E-state index is 12.6. The highest BCUT2D eigenvalue weighted by molar-refractivity contribution is 5.94. The Labute approximate surface area is 142 Å². The van der Waals surface area contributed by atoms with Crippen LogP contribution in [0.25, 0.3) is 11.3 Å². The number of benzene rings is 1. The molecule has 0 aliphatic carbocycles. The minimum atomic E-state index is -0.0489. The molecule has 1 amide bonds. The van der Waals surface area contributed by atoms with E-state index >= 15 is 0 Å². The topological polar surface area (TPSA) is 69.9 Å². The molecule has 3 rings (SSSR count). The van der Waals surface area contributed by atoms with Gasteiger partial charge in [0.15, 0.2) is 0 Å². The molecule has 24 heavy (non-hydrogen) atoms. The van der Waals surface area contributed by atoms with Gasteiger partial charge in [-0.05, 0) is 38.8 Å². The third-order valence-corrected chi connectivity index (χ3v) is 4.37. The fourth-order valence-electron chi connectivity index (χ4n) is 3.03. The summed E-state index contributed by atoms with van der Waals surface area (Å²) in [7, 11) is 0. The van der Waals surface area contributed by atoms with E-state index in [0.717, 1.165) is 42.0 Å². The van der Waals surface area contributed by atoms with Gasteiger partial charge >= 0.3 is 0 Å². The van der Waals surface area contributed by atoms with Gasteiger partial charge in [-0.2, -0.15) is 5.26 Å². The van der Waals surface area contributed by atoms with E-state index in [-0.39, 0.29) is 11.8 Å². The van der Waals surface area contributed by atoms with Gasteiger partial charge in [0.2, 0.25) is 0 Å². The van der Waals surface area contributed by atoms with Gasteiger partial charge in [-0.1, -0.05) is 12.1 Å². The van der Waals surface area contributed by atoms with E-state index in [2.05, 4.69) is 16.0 Å². The monoisotopic (exact) mass is 320 g/mol. The number of amides is 1. The largest absolute Gasteiger partial charge is 0.337 e. The number of aryl methyl sites for hydroxylation is 2. The lowest BCUT2D eigenvalue weighted by Gasteiger charge is -2.29. The number of hydrogen-bond donors (Lipinski definition) is 0. The van der Waals surface area contributed by atoms with Gasteiger partial charge in [-0.3, -0.25) is 9.78 Å². The fraction of sp³-hybridized carbons (Fsp3) is 0.368. The van der Waals surface area contributed by atoms with E-state index in [1.54, 1.807) is 11.1 Å². The van der Waals surface area contributed by atoms with Gasteiger partial charge in [-0.15, -0.1) is 0 Å². The minimum absolute atomic E-state index is 0.00597. The van der Waals surface area contributed by atoms with Crippen LogP contribution in [-0.2, 0) is 0 Å². The number of hydrogen-bond acceptors (Lipinski definition) is 4. The summed E-state index contributed by atoms with van der Waals surface area (Å²) >= 11 is 0. The van der Waals surface area contributed by atoms with Crippen LogP contribution in [0, 0.1) is 31.1 Å². The first-order valence-corrected chi connectivity index (χ1v) is 8.18. The van der Waals surface area contributed by atoms with Crippen LogP contribution < -0.4 is 0 Å². The first-order valence-electron chi connectivity index (χ1n) is 8.18. The molecule has 0 bridgehead atoms. The van der Waals surface area contributed by atoms with E-state index in [9.17, 15) is 4.79 Å². The maximum atomic E-state index is 12.6. The van der Waals surface area contributed by atoms with Gasteiger partial charge in [0.1, 0.15) is 0 Å². The summed E-state index contributed by atoms with van der Waals surface area (Å²) in [5, 5.41) is 9.07. The molecule has 1 aromatic heterocycles. The standard InChI is InChI=1S/C19H20N4O/c1-13-11-21-14(2)18(22-13)16-5-7-17(8-6-16)19(24)23-9-3-4-15(10-20)12-23/h5-8,11,15H,3-4,9,12H2,1-2H3/t15-/m1/s1. The number of rotatable bonds is 2. The highest BCUT2D eigenvalue weighted by atomic mass is 16.2. The van der Waals surface area contributed by atoms with Crippen molar-refractivity contribution in [3.63, 3.8) is 0 Å². The predicted molar refractivity (Wildman–Crippen MR) is 91.2 cm³/mol. The Bertz CT molecular complexity index is 792. The zero-order valence-corrected chi connectivity index (χ0v) is 14.0. The molecular weight excluding hydrogens is 300 g/mol. The minimum Gasteiger partial charge on any atom is -0.337 e. The van der Waals surface area contributed by atoms with Crippen LogP contribution >= 0.6 is 0 Å². The summed E-state index contributed by atoms with van der Waals surface area (Å²) in [6, 6.07) is 9.76. The van der Waals surface area contributed by atoms with E-state index in [0.29, 0.717) is 12.1 Å². The van der Waals surface area contributed by atoms with Crippen molar-refractivity contribution in [1.82, 2.24) is 14.9 Å². The van der Waals surface area contributed by atoms with Crippen LogP contribution in [0.3, 0.4) is 0 Å². The number of carbonyl (C=O) groups excluding carboxylic acids is 1. The Kier molecular flexibility index (Phi) is 4.57. The number of carbonyl (C=O) groups is 1. The van der Waals surface area contributed by atoms with Crippen LogP contribution in [0.1, 0.15) is 34.6 Å². The number of nitriles is 1. The molecule has 5 nitrogen and oxygen atoms in total. The second-order valence-electron chi connectivity index (χ2n) is 6.24. The summed E-state index contributed by atoms with van der Waals surface area (Å²) in [5.41, 5.74) is 4.18. The summed E-state index contributed by atoms with van der Waals surface area (Å²) < 4.78 is 0. The van der Waals surface area contributed by atoms with Crippen molar-refractivity contribution in [3.05, 3.63) is 47.4 Å². The van der Waals surface area contributed by atoms with Gasteiger partial charge in [0.25, 0.3) is 5.91 Å². The Morgan fingerprint density at radius 3 is 2.75 bits per heavy atom. The highest BCUT2D eigenvalue weighted by Gasteiger charge is 2.24. The molecule has 1 aromatic carbocycles. The summed E-state index contributed by atoms with van der Waals surface area (Å²) in [4.78, 5) is 23.3. The van der Waals surface area contributed by atoms with Crippen LogP contribution in [0.4, 0.5) is 0 Å². The molecule has 0 saturated carbocycles. The van der Waals surface area contributed by atoms with Gasteiger partial charge < -0.3 is 4.90 Å². The Morgan fingerprint density at radius 2 is 2.04 bits per heavy atom. The van der Waals surface area contributed by atoms with Crippen LogP contribution in [0.15, 0.2) is 30.5 Å². The van der Waals surface area contributed by atoms with Crippen molar-refractivity contribution in [2.75, 3.05) is 13.1 Å². The van der Waals surface area contributed by atoms with Crippen molar-refractivity contribution >= 4 is 5.91 Å². The lowest BCUT2D eigenvalue weighted by atomic mass is 9.98. The number of piperidine rings is 1. The molecular formula is C19H20N4O. The van der Waals surface area contributed by atoms with E-state index in [4.69, 9.17) is 5.26 Å². The Morgan fingerprint density at radius 1 is 1.29 bits per heavy atom. The Balaban J connectivity index is 1.80. The second-order valence-corrected chi connectivity index (χ2v) is 6.24. The zero-order valence-electron chi connectivity index (χ0n) is 14.0. The average molecular weight is 320 g/mol. The van der Waals surface area contributed by atoms with Gasteiger partial charge in [-0.25, -0.2) is 4.98 Å². The van der Waals surface area contributed by atoms with E-state index in [1.807, 2.05) is 38.1 Å². The molecule has 0 N–H and O–H groups in total. The summed E-state index contributed by atoms with van der Waals surface area (Å²) in [6.07, 6.45) is 3.52. The molecule has 0 spiro atoms. The van der Waals surface area contributed by atoms with Crippen molar-refractivity contribution < 1.29 is 4.79 Å². The second kappa shape index (κ2) is 6.79. The number of likely N-dealkylation sites (tertiary alicyclic amines) is 1. The lowest BCUT2D eigenvalue weighted by Crippen LogP contribution is -2.39. The smallest absolute Gasteiger partial charge is 0.253 e. The molecule has 1 aliphatic heterocycles. The molecule has 1 atom stereocenters. The van der Waals surface area contributed by atoms with Gasteiger partial charge in [0.05, 0.1) is 29.1 Å². The van der Waals surface area contributed by atoms with Crippen LogP contribution in [0.5, 0.6) is 0 Å². The third kappa shape index (κ3) is 3.28. The highest BCUT2D eigenvalue weighted by Crippen LogP contribution is 2.22. The quantitative estimate of drug-likeness (QED) is 0.852. The van der Waals surface area contributed by atoms with Crippen molar-refractivity contribution in [2.24, 2.45) is 5.92 Å². The molecule has 1 saturated heterocycles. The van der Waals surface area contributed by atoms with Crippen LogP contribution in [0.2, 0.25) is 0 Å². The first-order chi connectivity index (χ1) is 11.6. The van der Waals surface area contributed by atoms with E-state index < -0.39 is 0 Å². The van der Waals surface area contributed by atoms with Crippen molar-refractivity contribution in [1.29, 1.82) is 5.26 Å². The normalized spacial score (nSPS) is 17.4. The number of nitrogens with zero attached hydrogens (tertiary/aromatic N) is 4. The molecule has 0 radical (unpaired) electrons. The zero-order chi connectivity index (χ0) is 17.1. The number of aromatic nitrogens is 2. The molecule has 122 valence electrons. The van der Waals surface area contributed by atoms with Crippen LogP contribution in [-0.4, -0.2) is 33.9 Å². The lowest BCUT2D eigenvalue weighted by molar-refractivity contribution is 0.0699. The first kappa shape index (κ1) is 16.1. The molecule has 0 unspecified atom stereocenters. The van der Waals surface area contributed by atoms with Crippen molar-refractivity contribution in [3.8, 4) is 17.3 Å². The molecule has 2 heterocycles. The molecule has 2 aromatic rings. The average Bonchev–Trinajstić information content (AvgIpc) is 2.63. The summed E-state index contributed by atoms with van der Waals surface area (Å²) in [6.45, 7) is 5.09. The SMILES string of the molecule is Cc1cnc(C)c(-c2ccc(C(=O)N3CCC[C@H](C#N)C3)cc2)n1. The summed E-state index contributed by atoms with van der Waals surface area (Å²) in [5.74, 6) is -0.0549. The molecule has 5 heteroatoms. The van der Waals surface area contributed by atoms with Crippen molar-refractivity contribution in [2.45, 2.75) is 26.7 Å². The molecule has 1 aliphatic rings.